The van der Waals surface area contributed by atoms with Gasteiger partial charge in [-0.05, 0) is 13.8 Å². The fraction of sp³-hybridized carbons (Fsp3) is 0.444. The highest BCUT2D eigenvalue weighted by Crippen LogP contribution is 2.15. The van der Waals surface area contributed by atoms with E-state index in [0.29, 0.717) is 12.4 Å². The quantitative estimate of drug-likeness (QED) is 0.793. The third kappa shape index (κ3) is 3.36. The van der Waals surface area contributed by atoms with Crippen LogP contribution in [0.4, 0.5) is 5.82 Å². The summed E-state index contributed by atoms with van der Waals surface area (Å²) in [6.07, 6.45) is 2.97. The van der Waals surface area contributed by atoms with Crippen molar-refractivity contribution in [2.45, 2.75) is 19.9 Å². The number of esters is 1. The van der Waals surface area contributed by atoms with Crippen LogP contribution >= 0.6 is 11.6 Å². The highest BCUT2D eigenvalue weighted by atomic mass is 35.5. The summed E-state index contributed by atoms with van der Waals surface area (Å²) in [6.45, 7) is 3.77. The first kappa shape index (κ1) is 11.7. The maximum absolute atomic E-state index is 11.3. The Morgan fingerprint density at radius 2 is 2.27 bits per heavy atom. The van der Waals surface area contributed by atoms with Crippen LogP contribution in [0.25, 0.3) is 0 Å². The molecule has 1 aromatic rings. The lowest BCUT2D eigenvalue weighted by Gasteiger charge is -2.13. The van der Waals surface area contributed by atoms with Crippen molar-refractivity contribution in [1.29, 1.82) is 0 Å². The molecule has 1 N–H and O–H groups in total. The molecule has 0 aromatic carbocycles. The second kappa shape index (κ2) is 5.50. The van der Waals surface area contributed by atoms with Gasteiger partial charge in [0.05, 0.1) is 6.61 Å². The first-order valence-corrected chi connectivity index (χ1v) is 4.92. The number of aromatic nitrogens is 2. The van der Waals surface area contributed by atoms with Gasteiger partial charge in [-0.15, -0.1) is 0 Å². The van der Waals surface area contributed by atoms with Gasteiger partial charge in [0.2, 0.25) is 0 Å². The van der Waals surface area contributed by atoms with Gasteiger partial charge in [-0.25, -0.2) is 14.8 Å². The fourth-order valence-electron chi connectivity index (χ4n) is 0.949. The van der Waals surface area contributed by atoms with Crippen molar-refractivity contribution in [2.75, 3.05) is 11.9 Å². The molecular formula is C9H12ClN3O2. The van der Waals surface area contributed by atoms with Gasteiger partial charge in [-0.3, -0.25) is 0 Å². The first-order valence-electron chi connectivity index (χ1n) is 4.54. The van der Waals surface area contributed by atoms with Gasteiger partial charge in [0.15, 0.2) is 11.0 Å². The minimum absolute atomic E-state index is 0.230. The lowest BCUT2D eigenvalue weighted by atomic mass is 10.3. The summed E-state index contributed by atoms with van der Waals surface area (Å²) in [5, 5.41) is 3.04. The predicted molar refractivity (Wildman–Crippen MR) is 56.8 cm³/mol. The number of nitrogens with one attached hydrogen (secondary N) is 1. The van der Waals surface area contributed by atoms with Crippen LogP contribution in [-0.2, 0) is 9.53 Å². The molecule has 0 bridgehead atoms. The summed E-state index contributed by atoms with van der Waals surface area (Å²) in [5.41, 5.74) is 0. The van der Waals surface area contributed by atoms with E-state index in [9.17, 15) is 4.79 Å². The second-order valence-electron chi connectivity index (χ2n) is 2.81. The van der Waals surface area contributed by atoms with E-state index in [0.717, 1.165) is 0 Å². The van der Waals surface area contributed by atoms with Gasteiger partial charge in [-0.2, -0.15) is 0 Å². The van der Waals surface area contributed by atoms with E-state index < -0.39 is 6.04 Å². The number of rotatable bonds is 4. The highest BCUT2D eigenvalue weighted by molar-refractivity contribution is 6.31. The first-order chi connectivity index (χ1) is 7.15. The van der Waals surface area contributed by atoms with E-state index in [1.54, 1.807) is 13.8 Å². The molecule has 0 saturated heterocycles. The number of halogens is 1. The third-order valence-corrected chi connectivity index (χ3v) is 1.92. The van der Waals surface area contributed by atoms with E-state index in [1.807, 2.05) is 0 Å². The molecule has 1 atom stereocenters. The number of carbonyl (C=O) groups is 1. The molecule has 0 spiro atoms. The maximum Gasteiger partial charge on any atom is 0.328 e. The number of carbonyl (C=O) groups excluding carboxylic acids is 1. The van der Waals surface area contributed by atoms with E-state index in [1.165, 1.54) is 12.4 Å². The van der Waals surface area contributed by atoms with Gasteiger partial charge >= 0.3 is 5.97 Å². The van der Waals surface area contributed by atoms with Crippen LogP contribution in [0.5, 0.6) is 0 Å². The average Bonchev–Trinajstić information content (AvgIpc) is 2.21. The zero-order chi connectivity index (χ0) is 11.3. The van der Waals surface area contributed by atoms with Crippen LogP contribution in [0.15, 0.2) is 12.4 Å². The number of hydrogen-bond donors (Lipinski definition) is 1. The van der Waals surface area contributed by atoms with Crippen molar-refractivity contribution in [1.82, 2.24) is 9.97 Å². The summed E-state index contributed by atoms with van der Waals surface area (Å²) in [6, 6.07) is -0.501. The standard InChI is InChI=1S/C9H12ClN3O2/c1-3-15-9(14)6(2)13-8-7(10)11-4-5-12-8/h4-6H,3H2,1-2H3,(H,12,13). The fourth-order valence-corrected chi connectivity index (χ4v) is 1.11. The molecule has 0 saturated carbocycles. The topological polar surface area (TPSA) is 64.1 Å². The van der Waals surface area contributed by atoms with Crippen LogP contribution < -0.4 is 5.32 Å². The molecule has 0 aliphatic heterocycles. The van der Waals surface area contributed by atoms with E-state index in [2.05, 4.69) is 15.3 Å². The van der Waals surface area contributed by atoms with Crippen LogP contribution in [0.1, 0.15) is 13.8 Å². The maximum atomic E-state index is 11.3. The van der Waals surface area contributed by atoms with Gasteiger partial charge in [0.1, 0.15) is 6.04 Å². The molecule has 0 aliphatic rings. The van der Waals surface area contributed by atoms with Crippen LogP contribution in [0.2, 0.25) is 5.15 Å². The van der Waals surface area contributed by atoms with E-state index in [-0.39, 0.29) is 11.1 Å². The second-order valence-corrected chi connectivity index (χ2v) is 3.17. The van der Waals surface area contributed by atoms with Crippen molar-refractivity contribution in [3.05, 3.63) is 17.5 Å². The minimum Gasteiger partial charge on any atom is -0.464 e. The van der Waals surface area contributed by atoms with E-state index in [4.69, 9.17) is 16.3 Å². The van der Waals surface area contributed by atoms with Crippen LogP contribution in [0.3, 0.4) is 0 Å². The molecule has 15 heavy (non-hydrogen) atoms. The van der Waals surface area contributed by atoms with Crippen molar-refractivity contribution in [2.24, 2.45) is 0 Å². The Balaban J connectivity index is 2.62. The molecule has 0 amide bonds. The summed E-state index contributed by atoms with van der Waals surface area (Å²) in [4.78, 5) is 19.1. The van der Waals surface area contributed by atoms with Crippen molar-refractivity contribution < 1.29 is 9.53 Å². The molecule has 1 heterocycles. The average molecular weight is 230 g/mol. The monoisotopic (exact) mass is 229 g/mol. The lowest BCUT2D eigenvalue weighted by Crippen LogP contribution is -2.28. The van der Waals surface area contributed by atoms with Crippen LogP contribution in [-0.4, -0.2) is 28.6 Å². The number of hydrogen-bond acceptors (Lipinski definition) is 5. The SMILES string of the molecule is CCOC(=O)C(C)Nc1nccnc1Cl. The smallest absolute Gasteiger partial charge is 0.328 e. The van der Waals surface area contributed by atoms with Gasteiger partial charge in [0.25, 0.3) is 0 Å². The molecule has 5 nitrogen and oxygen atoms in total. The normalized spacial score (nSPS) is 11.9. The summed E-state index contributed by atoms with van der Waals surface area (Å²) in [7, 11) is 0. The summed E-state index contributed by atoms with van der Waals surface area (Å²) in [5.74, 6) is 0.0268. The molecule has 0 radical (unpaired) electrons. The molecule has 6 heteroatoms. The van der Waals surface area contributed by atoms with Crippen molar-refractivity contribution in [3.63, 3.8) is 0 Å². The predicted octanol–water partition coefficient (Wildman–Crippen LogP) is 1.49. The lowest BCUT2D eigenvalue weighted by molar-refractivity contribution is -0.143. The van der Waals surface area contributed by atoms with Gasteiger partial charge in [0, 0.05) is 12.4 Å². The molecule has 1 rings (SSSR count). The Kier molecular flexibility index (Phi) is 4.30. The minimum atomic E-state index is -0.501. The van der Waals surface area contributed by atoms with Crippen molar-refractivity contribution in [3.8, 4) is 0 Å². The Morgan fingerprint density at radius 3 is 2.87 bits per heavy atom. The Morgan fingerprint density at radius 1 is 1.60 bits per heavy atom. The van der Waals surface area contributed by atoms with Gasteiger partial charge in [-0.1, -0.05) is 11.6 Å². The zero-order valence-corrected chi connectivity index (χ0v) is 9.28. The molecular weight excluding hydrogens is 218 g/mol. The molecule has 1 aromatic heterocycles. The Hall–Kier alpha value is -1.36. The third-order valence-electron chi connectivity index (χ3n) is 1.65. The van der Waals surface area contributed by atoms with Gasteiger partial charge < -0.3 is 10.1 Å². The summed E-state index contributed by atoms with van der Waals surface area (Å²) < 4.78 is 4.82. The molecule has 82 valence electrons. The number of nitrogens with zero attached hydrogens (tertiary/aromatic N) is 2. The Bertz CT molecular complexity index is 346. The summed E-state index contributed by atoms with van der Waals surface area (Å²) >= 11 is 5.76. The zero-order valence-electron chi connectivity index (χ0n) is 8.53. The van der Waals surface area contributed by atoms with Crippen LogP contribution in [0, 0.1) is 0 Å². The molecule has 1 unspecified atom stereocenters. The van der Waals surface area contributed by atoms with Crippen molar-refractivity contribution >= 4 is 23.4 Å². The largest absolute Gasteiger partial charge is 0.464 e. The molecule has 0 fully saturated rings. The number of ether oxygens (including phenoxy) is 1. The Labute approximate surface area is 92.8 Å². The number of anilines is 1. The highest BCUT2D eigenvalue weighted by Gasteiger charge is 2.15. The molecule has 0 aliphatic carbocycles. The van der Waals surface area contributed by atoms with E-state index >= 15 is 0 Å².